The second-order valence-electron chi connectivity index (χ2n) is 6.09. The van der Waals surface area contributed by atoms with Crippen molar-refractivity contribution < 1.29 is 14.7 Å². The van der Waals surface area contributed by atoms with Crippen LogP contribution in [0.2, 0.25) is 0 Å². The van der Waals surface area contributed by atoms with Gasteiger partial charge in [0.15, 0.2) is 0 Å². The van der Waals surface area contributed by atoms with E-state index in [9.17, 15) is 9.59 Å². The fourth-order valence-corrected chi connectivity index (χ4v) is 2.67. The molecule has 0 heterocycles. The lowest BCUT2D eigenvalue weighted by Crippen LogP contribution is -2.47. The third-order valence-electron chi connectivity index (χ3n) is 4.40. The van der Waals surface area contributed by atoms with Crippen LogP contribution in [0.25, 0.3) is 0 Å². The molecule has 4 nitrogen and oxygen atoms in total. The van der Waals surface area contributed by atoms with E-state index in [-0.39, 0.29) is 5.91 Å². The number of carboxylic acids is 1. The molecule has 0 aromatic carbocycles. The summed E-state index contributed by atoms with van der Waals surface area (Å²) in [5.41, 5.74) is -0.671. The predicted octanol–water partition coefficient (Wildman–Crippen LogP) is 3.50. The van der Waals surface area contributed by atoms with Crippen molar-refractivity contribution in [1.29, 1.82) is 0 Å². The summed E-state index contributed by atoms with van der Waals surface area (Å²) in [7, 11) is 0. The van der Waals surface area contributed by atoms with Crippen molar-refractivity contribution in [2.75, 3.05) is 6.54 Å². The molecule has 0 aromatic heterocycles. The molecule has 0 saturated heterocycles. The Morgan fingerprint density at radius 3 is 2.15 bits per heavy atom. The number of unbranched alkanes of at least 4 members (excludes halogenated alkanes) is 6. The van der Waals surface area contributed by atoms with Gasteiger partial charge in [0.1, 0.15) is 0 Å². The van der Waals surface area contributed by atoms with Gasteiger partial charge in [0.2, 0.25) is 5.91 Å². The smallest absolute Gasteiger partial charge is 0.311 e. The number of carbonyl (C=O) groups is 2. The van der Waals surface area contributed by atoms with Crippen LogP contribution in [0.1, 0.15) is 77.6 Å². The van der Waals surface area contributed by atoms with Crippen LogP contribution >= 0.6 is 0 Å². The molecule has 0 spiro atoms. The second kappa shape index (κ2) is 8.98. The molecular formula is C16H29NO3. The highest BCUT2D eigenvalue weighted by Crippen LogP contribution is 2.40. The van der Waals surface area contributed by atoms with Crippen LogP contribution in [-0.2, 0) is 9.59 Å². The molecule has 1 rings (SSSR count). The Morgan fingerprint density at radius 2 is 1.65 bits per heavy atom. The van der Waals surface area contributed by atoms with E-state index in [0.717, 1.165) is 19.3 Å². The first-order chi connectivity index (χ1) is 9.60. The number of carbonyl (C=O) groups excluding carboxylic acids is 1. The minimum atomic E-state index is -0.764. The van der Waals surface area contributed by atoms with E-state index >= 15 is 0 Å². The fourth-order valence-electron chi connectivity index (χ4n) is 2.67. The summed E-state index contributed by atoms with van der Waals surface area (Å²) in [6.07, 6.45) is 11.2. The molecule has 0 aliphatic heterocycles. The Kier molecular flexibility index (Phi) is 7.63. The summed E-state index contributed by atoms with van der Waals surface area (Å²) >= 11 is 0. The van der Waals surface area contributed by atoms with Crippen molar-refractivity contribution in [3.05, 3.63) is 0 Å². The van der Waals surface area contributed by atoms with Crippen molar-refractivity contribution >= 4 is 11.9 Å². The highest BCUT2D eigenvalue weighted by Gasteiger charge is 2.44. The summed E-state index contributed by atoms with van der Waals surface area (Å²) in [6.45, 7) is 2.51. The lowest BCUT2D eigenvalue weighted by atomic mass is 9.69. The van der Waals surface area contributed by atoms with Crippen molar-refractivity contribution in [3.8, 4) is 0 Å². The third kappa shape index (κ3) is 5.51. The van der Waals surface area contributed by atoms with Gasteiger partial charge >= 0.3 is 5.97 Å². The third-order valence-corrected chi connectivity index (χ3v) is 4.40. The number of amides is 1. The number of rotatable bonds is 11. The van der Waals surface area contributed by atoms with Crippen LogP contribution in [-0.4, -0.2) is 23.5 Å². The fraction of sp³-hybridized carbons (Fsp3) is 0.875. The number of carboxylic acid groups (broad SMARTS) is 1. The first-order valence-corrected chi connectivity index (χ1v) is 8.11. The van der Waals surface area contributed by atoms with Gasteiger partial charge < -0.3 is 10.4 Å². The van der Waals surface area contributed by atoms with Crippen molar-refractivity contribution in [1.82, 2.24) is 5.32 Å². The van der Waals surface area contributed by atoms with Crippen molar-refractivity contribution in [3.63, 3.8) is 0 Å². The van der Waals surface area contributed by atoms with Gasteiger partial charge in [-0.25, -0.2) is 0 Å². The average molecular weight is 283 g/mol. The summed E-state index contributed by atoms with van der Waals surface area (Å²) in [6, 6.07) is 0. The summed E-state index contributed by atoms with van der Waals surface area (Å²) in [5, 5.41) is 12.0. The molecule has 0 aromatic rings. The van der Waals surface area contributed by atoms with E-state index in [0.29, 0.717) is 25.8 Å². The quantitative estimate of drug-likeness (QED) is 0.570. The molecule has 0 unspecified atom stereocenters. The highest BCUT2D eigenvalue weighted by atomic mass is 16.4. The number of nitrogens with one attached hydrogen (secondary N) is 1. The molecule has 0 bridgehead atoms. The number of hydrogen-bond donors (Lipinski definition) is 2. The zero-order valence-electron chi connectivity index (χ0n) is 12.7. The van der Waals surface area contributed by atoms with Crippen molar-refractivity contribution in [2.24, 2.45) is 5.41 Å². The van der Waals surface area contributed by atoms with Crippen LogP contribution < -0.4 is 5.32 Å². The molecule has 0 atom stereocenters. The summed E-state index contributed by atoms with van der Waals surface area (Å²) in [5.74, 6) is -0.758. The molecule has 1 amide bonds. The molecular weight excluding hydrogens is 254 g/mol. The van der Waals surface area contributed by atoms with Gasteiger partial charge in [-0.1, -0.05) is 51.9 Å². The highest BCUT2D eigenvalue weighted by molar-refractivity contribution is 5.79. The standard InChI is InChI=1S/C16H29NO3/c1-2-3-4-5-6-7-8-10-14(18)17-13-16(15(19)20)11-9-12-16/h2-13H2,1H3,(H,17,18)(H,19,20). The van der Waals surface area contributed by atoms with E-state index in [1.165, 1.54) is 32.1 Å². The summed E-state index contributed by atoms with van der Waals surface area (Å²) in [4.78, 5) is 22.8. The van der Waals surface area contributed by atoms with Gasteiger partial charge in [0.05, 0.1) is 5.41 Å². The first kappa shape index (κ1) is 17.0. The predicted molar refractivity (Wildman–Crippen MR) is 79.5 cm³/mol. The van der Waals surface area contributed by atoms with Crippen LogP contribution in [0.3, 0.4) is 0 Å². The van der Waals surface area contributed by atoms with E-state index in [2.05, 4.69) is 12.2 Å². The van der Waals surface area contributed by atoms with Crippen LogP contribution in [0, 0.1) is 5.41 Å². The molecule has 116 valence electrons. The Bertz CT molecular complexity index is 311. The largest absolute Gasteiger partial charge is 0.481 e. The average Bonchev–Trinajstić information content (AvgIpc) is 2.36. The molecule has 1 fully saturated rings. The second-order valence-corrected chi connectivity index (χ2v) is 6.09. The lowest BCUT2D eigenvalue weighted by Gasteiger charge is -2.37. The van der Waals surface area contributed by atoms with Crippen molar-refractivity contribution in [2.45, 2.75) is 77.6 Å². The zero-order valence-corrected chi connectivity index (χ0v) is 12.7. The molecule has 1 saturated carbocycles. The van der Waals surface area contributed by atoms with Gasteiger partial charge in [-0.15, -0.1) is 0 Å². The molecule has 1 aliphatic carbocycles. The number of aliphatic carboxylic acids is 1. The minimum Gasteiger partial charge on any atom is -0.481 e. The molecule has 0 radical (unpaired) electrons. The van der Waals surface area contributed by atoms with E-state index in [4.69, 9.17) is 5.11 Å². The number of hydrogen-bond acceptors (Lipinski definition) is 2. The Balaban J connectivity index is 2.02. The van der Waals surface area contributed by atoms with Gasteiger partial charge in [-0.2, -0.15) is 0 Å². The zero-order chi connectivity index (χ0) is 14.8. The van der Waals surface area contributed by atoms with Gasteiger partial charge in [0.25, 0.3) is 0 Å². The molecule has 4 heteroatoms. The minimum absolute atomic E-state index is 0.00563. The maximum absolute atomic E-state index is 11.7. The SMILES string of the molecule is CCCCCCCCCC(=O)NCC1(C(=O)O)CCC1. The molecule has 2 N–H and O–H groups in total. The molecule has 20 heavy (non-hydrogen) atoms. The van der Waals surface area contributed by atoms with E-state index in [1.54, 1.807) is 0 Å². The first-order valence-electron chi connectivity index (χ1n) is 8.11. The monoisotopic (exact) mass is 283 g/mol. The summed E-state index contributed by atoms with van der Waals surface area (Å²) < 4.78 is 0. The maximum atomic E-state index is 11.7. The Hall–Kier alpha value is -1.06. The topological polar surface area (TPSA) is 66.4 Å². The van der Waals surface area contributed by atoms with Crippen LogP contribution in [0.4, 0.5) is 0 Å². The van der Waals surface area contributed by atoms with Crippen LogP contribution in [0.15, 0.2) is 0 Å². The normalized spacial score (nSPS) is 16.4. The Labute approximate surface area is 122 Å². The Morgan fingerprint density at radius 1 is 1.05 bits per heavy atom. The van der Waals surface area contributed by atoms with Crippen LogP contribution in [0.5, 0.6) is 0 Å². The van der Waals surface area contributed by atoms with Gasteiger partial charge in [-0.3, -0.25) is 9.59 Å². The van der Waals surface area contributed by atoms with Gasteiger partial charge in [-0.05, 0) is 19.3 Å². The van der Waals surface area contributed by atoms with E-state index in [1.807, 2.05) is 0 Å². The molecule has 1 aliphatic rings. The van der Waals surface area contributed by atoms with E-state index < -0.39 is 11.4 Å². The van der Waals surface area contributed by atoms with Gasteiger partial charge in [0, 0.05) is 13.0 Å². The maximum Gasteiger partial charge on any atom is 0.311 e. The lowest BCUT2D eigenvalue weighted by molar-refractivity contribution is -0.154.